The van der Waals surface area contributed by atoms with Crippen molar-refractivity contribution in [1.29, 1.82) is 0 Å². The van der Waals surface area contributed by atoms with Crippen LogP contribution in [0, 0.1) is 5.41 Å². The van der Waals surface area contributed by atoms with E-state index in [2.05, 4.69) is 36.2 Å². The Morgan fingerprint density at radius 2 is 2.35 bits per heavy atom. The maximum absolute atomic E-state index is 4.30. The highest BCUT2D eigenvalue weighted by Crippen LogP contribution is 2.35. The lowest BCUT2D eigenvalue weighted by Gasteiger charge is -2.35. The maximum Gasteiger partial charge on any atom is 0.140 e. The van der Waals surface area contributed by atoms with Crippen LogP contribution in [0.5, 0.6) is 0 Å². The van der Waals surface area contributed by atoms with Crippen LogP contribution < -0.4 is 5.32 Å². The number of nitrogens with zero attached hydrogens (tertiary/aromatic N) is 3. The molecule has 1 aromatic rings. The average Bonchev–Trinajstić information content (AvgIpc) is 2.72. The van der Waals surface area contributed by atoms with Crippen LogP contribution in [0.3, 0.4) is 0 Å². The number of aromatic nitrogens is 3. The third kappa shape index (κ3) is 3.28. The molecule has 1 unspecified atom stereocenters. The molecule has 1 aromatic heterocycles. The minimum atomic E-state index is 0.494. The van der Waals surface area contributed by atoms with Crippen molar-refractivity contribution in [2.24, 2.45) is 5.41 Å². The summed E-state index contributed by atoms with van der Waals surface area (Å²) in [5.74, 6) is 1.05. The molecule has 0 aromatic carbocycles. The van der Waals surface area contributed by atoms with E-state index >= 15 is 0 Å². The molecule has 0 saturated heterocycles. The molecular weight excluding hydrogens is 212 g/mol. The van der Waals surface area contributed by atoms with Gasteiger partial charge in [-0.1, -0.05) is 20.3 Å². The molecule has 2 rings (SSSR count). The van der Waals surface area contributed by atoms with E-state index in [0.29, 0.717) is 11.5 Å². The second kappa shape index (κ2) is 5.17. The number of nitrogens with one attached hydrogen (secondary N) is 1. The summed E-state index contributed by atoms with van der Waals surface area (Å²) in [5.41, 5.74) is 0.494. The summed E-state index contributed by atoms with van der Waals surface area (Å²) in [6, 6.07) is 0.640. The van der Waals surface area contributed by atoms with Gasteiger partial charge in [-0.25, -0.2) is 9.67 Å². The van der Waals surface area contributed by atoms with Gasteiger partial charge in [0.15, 0.2) is 0 Å². The number of aryl methyl sites for hydroxylation is 1. The minimum Gasteiger partial charge on any atom is -0.307 e. The first-order valence-electron chi connectivity index (χ1n) is 6.71. The van der Waals surface area contributed by atoms with Crippen molar-refractivity contribution in [3.63, 3.8) is 0 Å². The molecule has 0 amide bonds. The zero-order chi connectivity index (χ0) is 12.3. The van der Waals surface area contributed by atoms with Gasteiger partial charge in [0.1, 0.15) is 12.2 Å². The highest BCUT2D eigenvalue weighted by atomic mass is 15.3. The van der Waals surface area contributed by atoms with Crippen LogP contribution in [0.2, 0.25) is 0 Å². The predicted molar refractivity (Wildman–Crippen MR) is 68.6 cm³/mol. The van der Waals surface area contributed by atoms with Crippen molar-refractivity contribution in [3.8, 4) is 0 Å². The largest absolute Gasteiger partial charge is 0.307 e. The zero-order valence-electron chi connectivity index (χ0n) is 11.2. The molecule has 1 fully saturated rings. The van der Waals surface area contributed by atoms with Crippen LogP contribution in [0.4, 0.5) is 0 Å². The third-order valence-electron chi connectivity index (χ3n) is 3.75. The molecular formula is C13H24N4. The second-order valence-electron chi connectivity index (χ2n) is 5.83. The molecule has 17 heavy (non-hydrogen) atoms. The first kappa shape index (κ1) is 12.6. The lowest BCUT2D eigenvalue weighted by Crippen LogP contribution is -2.37. The van der Waals surface area contributed by atoms with E-state index < -0.39 is 0 Å². The molecule has 1 saturated carbocycles. The molecule has 1 atom stereocenters. The van der Waals surface area contributed by atoms with Crippen molar-refractivity contribution in [2.75, 3.05) is 0 Å². The van der Waals surface area contributed by atoms with E-state index in [0.717, 1.165) is 18.9 Å². The molecule has 0 radical (unpaired) electrons. The molecule has 0 spiro atoms. The summed E-state index contributed by atoms with van der Waals surface area (Å²) in [7, 11) is 0. The van der Waals surface area contributed by atoms with E-state index in [1.165, 1.54) is 25.7 Å². The van der Waals surface area contributed by atoms with Gasteiger partial charge >= 0.3 is 0 Å². The molecule has 4 heteroatoms. The van der Waals surface area contributed by atoms with Crippen molar-refractivity contribution >= 4 is 0 Å². The van der Waals surface area contributed by atoms with Crippen molar-refractivity contribution in [3.05, 3.63) is 12.2 Å². The summed E-state index contributed by atoms with van der Waals surface area (Å²) in [6.45, 7) is 8.58. The Labute approximate surface area is 104 Å². The first-order chi connectivity index (χ1) is 8.11. The molecule has 0 bridgehead atoms. The molecule has 1 heterocycles. The minimum absolute atomic E-state index is 0.494. The predicted octanol–water partition coefficient (Wildman–Crippen LogP) is 2.36. The van der Waals surface area contributed by atoms with Gasteiger partial charge in [0.2, 0.25) is 0 Å². The smallest absolute Gasteiger partial charge is 0.140 e. The van der Waals surface area contributed by atoms with Crippen molar-refractivity contribution in [1.82, 2.24) is 20.1 Å². The number of hydrogen-bond acceptors (Lipinski definition) is 3. The number of hydrogen-bond donors (Lipinski definition) is 1. The Kier molecular flexibility index (Phi) is 3.82. The fraction of sp³-hybridized carbons (Fsp3) is 0.846. The van der Waals surface area contributed by atoms with Gasteiger partial charge in [0.25, 0.3) is 0 Å². The third-order valence-corrected chi connectivity index (χ3v) is 3.75. The van der Waals surface area contributed by atoms with Gasteiger partial charge in [-0.05, 0) is 31.6 Å². The molecule has 1 aliphatic carbocycles. The quantitative estimate of drug-likeness (QED) is 0.872. The zero-order valence-corrected chi connectivity index (χ0v) is 11.2. The topological polar surface area (TPSA) is 42.7 Å². The van der Waals surface area contributed by atoms with Crippen molar-refractivity contribution in [2.45, 2.75) is 65.6 Å². The fourth-order valence-corrected chi connectivity index (χ4v) is 2.80. The fourth-order valence-electron chi connectivity index (χ4n) is 2.80. The monoisotopic (exact) mass is 236 g/mol. The van der Waals surface area contributed by atoms with Crippen LogP contribution in [-0.2, 0) is 13.1 Å². The SMILES string of the molecule is CCn1ncnc1CNC1CCCC(C)(C)C1. The van der Waals surface area contributed by atoms with Gasteiger partial charge in [0.05, 0.1) is 6.54 Å². The summed E-state index contributed by atoms with van der Waals surface area (Å²) >= 11 is 0. The standard InChI is InChI=1S/C13H24N4/c1-4-17-12(15-10-16-17)9-14-11-6-5-7-13(2,3)8-11/h10-11,14H,4-9H2,1-3H3. The van der Waals surface area contributed by atoms with E-state index in [1.807, 2.05) is 4.68 Å². The van der Waals surface area contributed by atoms with Gasteiger partial charge in [-0.15, -0.1) is 0 Å². The van der Waals surface area contributed by atoms with E-state index in [4.69, 9.17) is 0 Å². The van der Waals surface area contributed by atoms with Gasteiger partial charge < -0.3 is 5.32 Å². The van der Waals surface area contributed by atoms with Gasteiger partial charge in [0, 0.05) is 12.6 Å². The van der Waals surface area contributed by atoms with E-state index in [9.17, 15) is 0 Å². The van der Waals surface area contributed by atoms with E-state index in [1.54, 1.807) is 6.33 Å². The lowest BCUT2D eigenvalue weighted by molar-refractivity contribution is 0.196. The number of rotatable bonds is 4. The van der Waals surface area contributed by atoms with E-state index in [-0.39, 0.29) is 0 Å². The Morgan fingerprint density at radius 1 is 1.53 bits per heavy atom. The Morgan fingerprint density at radius 3 is 3.06 bits per heavy atom. The molecule has 4 nitrogen and oxygen atoms in total. The summed E-state index contributed by atoms with van der Waals surface area (Å²) in [6.07, 6.45) is 6.91. The Balaban J connectivity index is 1.86. The molecule has 0 aliphatic heterocycles. The molecule has 1 N–H and O–H groups in total. The van der Waals surface area contributed by atoms with Crippen LogP contribution in [-0.4, -0.2) is 20.8 Å². The Hall–Kier alpha value is -0.900. The second-order valence-corrected chi connectivity index (χ2v) is 5.83. The van der Waals surface area contributed by atoms with Crippen LogP contribution in [0.25, 0.3) is 0 Å². The molecule has 1 aliphatic rings. The van der Waals surface area contributed by atoms with Crippen LogP contribution in [0.1, 0.15) is 52.3 Å². The summed E-state index contributed by atoms with van der Waals surface area (Å²) < 4.78 is 1.96. The van der Waals surface area contributed by atoms with Crippen LogP contribution in [0.15, 0.2) is 6.33 Å². The normalized spacial score (nSPS) is 23.8. The summed E-state index contributed by atoms with van der Waals surface area (Å²) in [4.78, 5) is 4.30. The Bertz CT molecular complexity index is 356. The highest BCUT2D eigenvalue weighted by Gasteiger charge is 2.27. The van der Waals surface area contributed by atoms with Gasteiger partial charge in [-0.2, -0.15) is 5.10 Å². The molecule has 96 valence electrons. The van der Waals surface area contributed by atoms with Crippen LogP contribution >= 0.6 is 0 Å². The van der Waals surface area contributed by atoms with Gasteiger partial charge in [-0.3, -0.25) is 0 Å². The average molecular weight is 236 g/mol. The highest BCUT2D eigenvalue weighted by molar-refractivity contribution is 4.88. The lowest BCUT2D eigenvalue weighted by atomic mass is 9.75. The first-order valence-corrected chi connectivity index (χ1v) is 6.71. The van der Waals surface area contributed by atoms with Crippen molar-refractivity contribution < 1.29 is 0 Å². The summed E-state index contributed by atoms with van der Waals surface area (Å²) in [5, 5.41) is 7.82. The maximum atomic E-state index is 4.30.